The Bertz CT molecular complexity index is 927. The van der Waals surface area contributed by atoms with E-state index in [1.807, 2.05) is 30.3 Å². The number of nitriles is 1. The first-order chi connectivity index (χ1) is 11.6. The SMILES string of the molecule is N#Cc1c(N)sc(C(=O)Nc2ccc(Cl)cc2)c1-c1ccccc1. The Morgan fingerprint density at radius 1 is 1.12 bits per heavy atom. The number of anilines is 2. The summed E-state index contributed by atoms with van der Waals surface area (Å²) in [7, 11) is 0. The molecule has 0 atom stereocenters. The molecular weight excluding hydrogens is 342 g/mol. The van der Waals surface area contributed by atoms with Crippen LogP contribution in [-0.2, 0) is 0 Å². The number of thiophene rings is 1. The number of amides is 1. The van der Waals surface area contributed by atoms with Crippen LogP contribution in [0.5, 0.6) is 0 Å². The van der Waals surface area contributed by atoms with Crippen molar-refractivity contribution in [2.24, 2.45) is 0 Å². The summed E-state index contributed by atoms with van der Waals surface area (Å²) in [6, 6.07) is 18.2. The van der Waals surface area contributed by atoms with Gasteiger partial charge in [-0.05, 0) is 29.8 Å². The number of hydrogen-bond acceptors (Lipinski definition) is 4. The summed E-state index contributed by atoms with van der Waals surface area (Å²) in [5.74, 6) is -0.311. The molecule has 24 heavy (non-hydrogen) atoms. The van der Waals surface area contributed by atoms with Gasteiger partial charge in [-0.3, -0.25) is 4.79 Å². The van der Waals surface area contributed by atoms with Crippen molar-refractivity contribution < 1.29 is 4.79 Å². The molecule has 0 saturated carbocycles. The first kappa shape index (κ1) is 16.1. The molecule has 118 valence electrons. The molecule has 1 aromatic heterocycles. The lowest BCUT2D eigenvalue weighted by Crippen LogP contribution is -2.11. The summed E-state index contributed by atoms with van der Waals surface area (Å²) in [5, 5.41) is 13.1. The van der Waals surface area contributed by atoms with Crippen LogP contribution in [0, 0.1) is 11.3 Å². The van der Waals surface area contributed by atoms with E-state index in [-0.39, 0.29) is 5.91 Å². The van der Waals surface area contributed by atoms with Crippen LogP contribution >= 0.6 is 22.9 Å². The van der Waals surface area contributed by atoms with Gasteiger partial charge < -0.3 is 11.1 Å². The maximum atomic E-state index is 12.7. The van der Waals surface area contributed by atoms with Gasteiger partial charge in [0, 0.05) is 16.3 Å². The Morgan fingerprint density at radius 2 is 1.79 bits per heavy atom. The number of rotatable bonds is 3. The van der Waals surface area contributed by atoms with Gasteiger partial charge in [-0.15, -0.1) is 11.3 Å². The van der Waals surface area contributed by atoms with Gasteiger partial charge in [0.2, 0.25) is 0 Å². The minimum Gasteiger partial charge on any atom is -0.389 e. The molecule has 1 amide bonds. The maximum absolute atomic E-state index is 12.7. The van der Waals surface area contributed by atoms with Crippen molar-refractivity contribution in [2.75, 3.05) is 11.1 Å². The van der Waals surface area contributed by atoms with Crippen LogP contribution in [0.1, 0.15) is 15.2 Å². The zero-order chi connectivity index (χ0) is 17.1. The van der Waals surface area contributed by atoms with Gasteiger partial charge in [0.25, 0.3) is 5.91 Å². The Hall–Kier alpha value is -2.81. The van der Waals surface area contributed by atoms with Crippen LogP contribution in [0.15, 0.2) is 54.6 Å². The minimum absolute atomic E-state index is 0.311. The fraction of sp³-hybridized carbons (Fsp3) is 0. The van der Waals surface area contributed by atoms with Crippen LogP contribution in [-0.4, -0.2) is 5.91 Å². The summed E-state index contributed by atoms with van der Waals surface area (Å²) < 4.78 is 0. The molecular formula is C18H12ClN3OS. The number of hydrogen-bond donors (Lipinski definition) is 2. The highest BCUT2D eigenvalue weighted by Gasteiger charge is 2.23. The Kier molecular flexibility index (Phi) is 4.52. The normalized spacial score (nSPS) is 10.2. The van der Waals surface area contributed by atoms with Crippen LogP contribution in [0.25, 0.3) is 11.1 Å². The number of nitrogen functional groups attached to an aromatic ring is 1. The second-order valence-electron chi connectivity index (χ2n) is 4.98. The van der Waals surface area contributed by atoms with Gasteiger partial charge in [-0.2, -0.15) is 5.26 Å². The summed E-state index contributed by atoms with van der Waals surface area (Å²) >= 11 is 6.96. The van der Waals surface area contributed by atoms with Crippen molar-refractivity contribution in [3.8, 4) is 17.2 Å². The fourth-order valence-corrected chi connectivity index (χ4v) is 3.38. The van der Waals surface area contributed by atoms with Crippen molar-refractivity contribution in [1.82, 2.24) is 0 Å². The van der Waals surface area contributed by atoms with Crippen LogP contribution in [0.2, 0.25) is 5.02 Å². The van der Waals surface area contributed by atoms with Crippen molar-refractivity contribution in [1.29, 1.82) is 5.26 Å². The van der Waals surface area contributed by atoms with Crippen molar-refractivity contribution in [3.63, 3.8) is 0 Å². The summed E-state index contributed by atoms with van der Waals surface area (Å²) in [6.45, 7) is 0. The molecule has 0 aliphatic heterocycles. The third-order valence-electron chi connectivity index (χ3n) is 3.42. The molecule has 3 rings (SSSR count). The lowest BCUT2D eigenvalue weighted by atomic mass is 10.0. The average molecular weight is 354 g/mol. The van der Waals surface area contributed by atoms with Crippen molar-refractivity contribution >= 4 is 39.5 Å². The number of carbonyl (C=O) groups excluding carboxylic acids is 1. The van der Waals surface area contributed by atoms with E-state index < -0.39 is 0 Å². The molecule has 0 aliphatic carbocycles. The Morgan fingerprint density at radius 3 is 2.42 bits per heavy atom. The zero-order valence-corrected chi connectivity index (χ0v) is 14.0. The van der Waals surface area contributed by atoms with Crippen LogP contribution in [0.3, 0.4) is 0 Å². The molecule has 0 fully saturated rings. The molecule has 1 heterocycles. The predicted octanol–water partition coefficient (Wildman–Crippen LogP) is 4.77. The molecule has 0 radical (unpaired) electrons. The largest absolute Gasteiger partial charge is 0.389 e. The second-order valence-corrected chi connectivity index (χ2v) is 6.47. The molecule has 0 aliphatic rings. The average Bonchev–Trinajstić information content (AvgIpc) is 2.94. The van der Waals surface area contributed by atoms with Gasteiger partial charge in [0.1, 0.15) is 15.9 Å². The van der Waals surface area contributed by atoms with E-state index in [1.165, 1.54) is 0 Å². The number of carbonyl (C=O) groups is 1. The smallest absolute Gasteiger partial charge is 0.266 e. The van der Waals surface area contributed by atoms with E-state index in [9.17, 15) is 10.1 Å². The lowest BCUT2D eigenvalue weighted by molar-refractivity contribution is 0.103. The standard InChI is InChI=1S/C18H12ClN3OS/c19-12-6-8-13(9-7-12)22-18(23)16-15(11-4-2-1-3-5-11)14(10-20)17(21)24-16/h1-9H,21H2,(H,22,23). The van der Waals surface area contributed by atoms with Crippen molar-refractivity contribution in [3.05, 3.63) is 70.1 Å². The molecule has 2 aromatic carbocycles. The minimum atomic E-state index is -0.311. The second kappa shape index (κ2) is 6.75. The first-order valence-electron chi connectivity index (χ1n) is 7.05. The third-order valence-corrected chi connectivity index (χ3v) is 4.69. The lowest BCUT2D eigenvalue weighted by Gasteiger charge is -2.07. The van der Waals surface area contributed by atoms with E-state index in [1.54, 1.807) is 24.3 Å². The van der Waals surface area contributed by atoms with E-state index in [0.717, 1.165) is 16.9 Å². The molecule has 0 bridgehead atoms. The summed E-state index contributed by atoms with van der Waals surface area (Å²) in [4.78, 5) is 13.1. The zero-order valence-electron chi connectivity index (χ0n) is 12.4. The van der Waals surface area contributed by atoms with Gasteiger partial charge in [-0.25, -0.2) is 0 Å². The predicted molar refractivity (Wildman–Crippen MR) is 98.3 cm³/mol. The highest BCUT2D eigenvalue weighted by Crippen LogP contribution is 2.38. The summed E-state index contributed by atoms with van der Waals surface area (Å²) in [5.41, 5.74) is 8.23. The fourth-order valence-electron chi connectivity index (χ4n) is 2.32. The molecule has 0 saturated heterocycles. The van der Waals surface area contributed by atoms with E-state index in [4.69, 9.17) is 17.3 Å². The number of benzene rings is 2. The summed E-state index contributed by atoms with van der Waals surface area (Å²) in [6.07, 6.45) is 0. The number of nitrogens with one attached hydrogen (secondary N) is 1. The quantitative estimate of drug-likeness (QED) is 0.711. The van der Waals surface area contributed by atoms with Gasteiger partial charge in [0.15, 0.2) is 0 Å². The Balaban J connectivity index is 2.03. The van der Waals surface area contributed by atoms with Crippen LogP contribution < -0.4 is 11.1 Å². The first-order valence-corrected chi connectivity index (χ1v) is 8.24. The van der Waals surface area contributed by atoms with E-state index >= 15 is 0 Å². The number of nitrogens with two attached hydrogens (primary N) is 1. The van der Waals surface area contributed by atoms with Gasteiger partial charge in [0.05, 0.1) is 5.56 Å². The molecule has 0 unspecified atom stereocenters. The van der Waals surface area contributed by atoms with Crippen LogP contribution in [0.4, 0.5) is 10.7 Å². The van der Waals surface area contributed by atoms with E-state index in [0.29, 0.717) is 31.7 Å². The third kappa shape index (κ3) is 3.11. The van der Waals surface area contributed by atoms with E-state index in [2.05, 4.69) is 11.4 Å². The molecule has 0 spiro atoms. The highest BCUT2D eigenvalue weighted by atomic mass is 35.5. The number of halogens is 1. The monoisotopic (exact) mass is 353 g/mol. The molecule has 4 nitrogen and oxygen atoms in total. The maximum Gasteiger partial charge on any atom is 0.266 e. The van der Waals surface area contributed by atoms with Gasteiger partial charge >= 0.3 is 0 Å². The van der Waals surface area contributed by atoms with Gasteiger partial charge in [-0.1, -0.05) is 41.9 Å². The molecule has 6 heteroatoms. The molecule has 3 N–H and O–H groups in total. The topological polar surface area (TPSA) is 78.9 Å². The number of nitrogens with zero attached hydrogens (tertiary/aromatic N) is 1. The molecule has 3 aromatic rings. The highest BCUT2D eigenvalue weighted by molar-refractivity contribution is 7.18. The Labute approximate surface area is 148 Å². The van der Waals surface area contributed by atoms with Crippen molar-refractivity contribution in [2.45, 2.75) is 0 Å².